The van der Waals surface area contributed by atoms with Crippen LogP contribution in [0.5, 0.6) is 5.75 Å². The molecule has 2 fully saturated rings. The number of hydrogen-bond donors (Lipinski definition) is 0. The van der Waals surface area contributed by atoms with E-state index in [2.05, 4.69) is 13.8 Å². The van der Waals surface area contributed by atoms with Gasteiger partial charge in [0.15, 0.2) is 11.6 Å². The maximum Gasteiger partial charge on any atom is 0.166 e. The van der Waals surface area contributed by atoms with Crippen LogP contribution < -0.4 is 4.74 Å². The van der Waals surface area contributed by atoms with Crippen molar-refractivity contribution in [2.24, 2.45) is 17.8 Å². The van der Waals surface area contributed by atoms with Crippen LogP contribution in [0.3, 0.4) is 0 Å². The van der Waals surface area contributed by atoms with E-state index in [1.807, 2.05) is 30.3 Å². The van der Waals surface area contributed by atoms with Crippen LogP contribution in [0.15, 0.2) is 36.4 Å². The van der Waals surface area contributed by atoms with Crippen molar-refractivity contribution in [2.45, 2.75) is 122 Å². The SMILES string of the molecule is CCCCCC1CCC(c2ccc(-c3ccc(OCCCC4CCC(CCC)CC4)cc3)c(F)c2F)CC1. The molecular weight excluding hydrogens is 474 g/mol. The average molecular weight is 525 g/mol. The quantitative estimate of drug-likeness (QED) is 0.237. The van der Waals surface area contributed by atoms with Crippen molar-refractivity contribution < 1.29 is 13.5 Å². The first-order chi connectivity index (χ1) is 18.6. The van der Waals surface area contributed by atoms with Crippen molar-refractivity contribution in [3.63, 3.8) is 0 Å². The monoisotopic (exact) mass is 524 g/mol. The van der Waals surface area contributed by atoms with Crippen molar-refractivity contribution in [2.75, 3.05) is 6.61 Å². The molecule has 0 spiro atoms. The molecule has 0 radical (unpaired) electrons. The van der Waals surface area contributed by atoms with E-state index in [1.165, 1.54) is 70.6 Å². The summed E-state index contributed by atoms with van der Waals surface area (Å²) in [7, 11) is 0. The molecule has 38 heavy (non-hydrogen) atoms. The molecule has 0 aromatic heterocycles. The Morgan fingerprint density at radius 2 is 1.24 bits per heavy atom. The zero-order valence-electron chi connectivity index (χ0n) is 24.0. The molecule has 2 saturated carbocycles. The third kappa shape index (κ3) is 8.06. The van der Waals surface area contributed by atoms with Crippen LogP contribution in [0.2, 0.25) is 0 Å². The zero-order chi connectivity index (χ0) is 26.7. The van der Waals surface area contributed by atoms with E-state index in [-0.39, 0.29) is 5.92 Å². The minimum Gasteiger partial charge on any atom is -0.494 e. The Labute approximate surface area is 230 Å². The molecule has 2 aliphatic rings. The highest BCUT2D eigenvalue weighted by Gasteiger charge is 2.26. The van der Waals surface area contributed by atoms with Gasteiger partial charge in [0.2, 0.25) is 0 Å². The summed E-state index contributed by atoms with van der Waals surface area (Å²) in [5.41, 5.74) is 1.60. The lowest BCUT2D eigenvalue weighted by molar-refractivity contribution is 0.230. The normalized spacial score (nSPS) is 23.9. The summed E-state index contributed by atoms with van der Waals surface area (Å²) < 4.78 is 36.3. The average Bonchev–Trinajstić information content (AvgIpc) is 2.95. The van der Waals surface area contributed by atoms with Crippen LogP contribution in [0, 0.1) is 29.4 Å². The van der Waals surface area contributed by atoms with Gasteiger partial charge in [0, 0.05) is 5.56 Å². The second kappa shape index (κ2) is 15.0. The lowest BCUT2D eigenvalue weighted by Gasteiger charge is -2.29. The van der Waals surface area contributed by atoms with Gasteiger partial charge in [-0.1, -0.05) is 102 Å². The van der Waals surface area contributed by atoms with Gasteiger partial charge in [-0.15, -0.1) is 0 Å². The van der Waals surface area contributed by atoms with Gasteiger partial charge in [0.05, 0.1) is 6.61 Å². The molecule has 0 atom stereocenters. The highest BCUT2D eigenvalue weighted by molar-refractivity contribution is 5.65. The van der Waals surface area contributed by atoms with Gasteiger partial charge in [-0.3, -0.25) is 0 Å². The third-order valence-electron chi connectivity index (χ3n) is 9.47. The molecule has 0 N–H and O–H groups in total. The standard InChI is InChI=1S/C35H50F2O/c1-3-5-6-9-27-15-17-29(18-16-27)32-23-24-33(35(37)34(32)36)30-19-21-31(22-20-30)38-25-7-10-28-13-11-26(8-4-2)12-14-28/h19-24,26-29H,3-18,25H2,1-2H3. The molecule has 0 heterocycles. The first-order valence-electron chi connectivity index (χ1n) is 15.8. The van der Waals surface area contributed by atoms with Crippen molar-refractivity contribution >= 4 is 0 Å². The molecule has 0 bridgehead atoms. The second-order valence-electron chi connectivity index (χ2n) is 12.2. The van der Waals surface area contributed by atoms with Crippen LogP contribution in [-0.4, -0.2) is 6.61 Å². The molecule has 3 heteroatoms. The molecular formula is C35H50F2O. The van der Waals surface area contributed by atoms with Crippen molar-refractivity contribution in [3.8, 4) is 16.9 Å². The van der Waals surface area contributed by atoms with Gasteiger partial charge in [-0.05, 0) is 85.5 Å². The van der Waals surface area contributed by atoms with E-state index in [0.29, 0.717) is 23.3 Å². The van der Waals surface area contributed by atoms with Crippen LogP contribution in [-0.2, 0) is 0 Å². The van der Waals surface area contributed by atoms with Crippen molar-refractivity contribution in [1.29, 1.82) is 0 Å². The number of ether oxygens (including phenoxy) is 1. The fourth-order valence-corrected chi connectivity index (χ4v) is 7.06. The third-order valence-corrected chi connectivity index (χ3v) is 9.47. The lowest BCUT2D eigenvalue weighted by Crippen LogP contribution is -2.15. The van der Waals surface area contributed by atoms with Gasteiger partial charge in [-0.25, -0.2) is 8.78 Å². The van der Waals surface area contributed by atoms with Crippen molar-refractivity contribution in [1.82, 2.24) is 0 Å². The van der Waals surface area contributed by atoms with E-state index >= 15 is 8.78 Å². The molecule has 1 nitrogen and oxygen atoms in total. The van der Waals surface area contributed by atoms with Crippen LogP contribution in [0.25, 0.3) is 11.1 Å². The highest BCUT2D eigenvalue weighted by atomic mass is 19.2. The Hall–Kier alpha value is -1.90. The lowest BCUT2D eigenvalue weighted by atomic mass is 9.76. The Balaban J connectivity index is 1.24. The Kier molecular flexibility index (Phi) is 11.5. The zero-order valence-corrected chi connectivity index (χ0v) is 24.0. The number of benzene rings is 2. The molecule has 0 amide bonds. The summed E-state index contributed by atoms with van der Waals surface area (Å²) in [6, 6.07) is 11.1. The first-order valence-corrected chi connectivity index (χ1v) is 15.8. The van der Waals surface area contributed by atoms with E-state index in [4.69, 9.17) is 4.74 Å². The van der Waals surface area contributed by atoms with Crippen LogP contribution >= 0.6 is 0 Å². The predicted octanol–water partition coefficient (Wildman–Crippen LogP) is 11.3. The summed E-state index contributed by atoms with van der Waals surface area (Å²) in [6.07, 6.45) is 19.9. The Morgan fingerprint density at radius 1 is 0.632 bits per heavy atom. The summed E-state index contributed by atoms with van der Waals surface area (Å²) in [5.74, 6) is 2.15. The maximum atomic E-state index is 15.2. The summed E-state index contributed by atoms with van der Waals surface area (Å²) in [6.45, 7) is 5.25. The van der Waals surface area contributed by atoms with Crippen molar-refractivity contribution in [3.05, 3.63) is 53.6 Å². The smallest absolute Gasteiger partial charge is 0.166 e. The molecule has 2 aromatic rings. The summed E-state index contributed by atoms with van der Waals surface area (Å²) >= 11 is 0. The second-order valence-corrected chi connectivity index (χ2v) is 12.2. The first kappa shape index (κ1) is 29.1. The number of rotatable bonds is 13. The molecule has 210 valence electrons. The van der Waals surface area contributed by atoms with Crippen LogP contribution in [0.1, 0.15) is 128 Å². The van der Waals surface area contributed by atoms with Gasteiger partial charge in [0.25, 0.3) is 0 Å². The molecule has 2 aromatic carbocycles. The van der Waals surface area contributed by atoms with Gasteiger partial charge in [-0.2, -0.15) is 0 Å². The topological polar surface area (TPSA) is 9.23 Å². The Morgan fingerprint density at radius 3 is 1.87 bits per heavy atom. The number of halogens is 2. The van der Waals surface area contributed by atoms with Crippen LogP contribution in [0.4, 0.5) is 8.78 Å². The van der Waals surface area contributed by atoms with E-state index in [9.17, 15) is 0 Å². The molecule has 2 aliphatic carbocycles. The van der Waals surface area contributed by atoms with Gasteiger partial charge in [0.1, 0.15) is 5.75 Å². The molecule has 0 saturated heterocycles. The number of hydrogen-bond acceptors (Lipinski definition) is 1. The van der Waals surface area contributed by atoms with Gasteiger partial charge >= 0.3 is 0 Å². The maximum absolute atomic E-state index is 15.2. The molecule has 0 aliphatic heterocycles. The van der Waals surface area contributed by atoms with E-state index in [0.717, 1.165) is 55.6 Å². The van der Waals surface area contributed by atoms with E-state index in [1.54, 1.807) is 6.07 Å². The number of unbranched alkanes of at least 4 members (excludes halogenated alkanes) is 2. The molecule has 4 rings (SSSR count). The predicted molar refractivity (Wildman–Crippen MR) is 156 cm³/mol. The fraction of sp³-hybridized carbons (Fsp3) is 0.657. The largest absolute Gasteiger partial charge is 0.494 e. The fourth-order valence-electron chi connectivity index (χ4n) is 7.06. The summed E-state index contributed by atoms with van der Waals surface area (Å²) in [4.78, 5) is 0. The highest BCUT2D eigenvalue weighted by Crippen LogP contribution is 2.40. The summed E-state index contributed by atoms with van der Waals surface area (Å²) in [5, 5.41) is 0. The van der Waals surface area contributed by atoms with Gasteiger partial charge < -0.3 is 4.74 Å². The minimum atomic E-state index is -0.713. The minimum absolute atomic E-state index is 0.142. The molecule has 0 unspecified atom stereocenters. The van der Waals surface area contributed by atoms with E-state index < -0.39 is 11.6 Å². The Bertz CT molecular complexity index is 953.